The van der Waals surface area contributed by atoms with Crippen molar-refractivity contribution in [2.24, 2.45) is 0 Å². The molecule has 0 atom stereocenters. The molecule has 0 aliphatic rings. The highest BCUT2D eigenvalue weighted by molar-refractivity contribution is 9.10. The second kappa shape index (κ2) is 8.02. The van der Waals surface area contributed by atoms with E-state index in [4.69, 9.17) is 0 Å². The van der Waals surface area contributed by atoms with E-state index in [0.29, 0.717) is 23.2 Å². The van der Waals surface area contributed by atoms with Gasteiger partial charge in [-0.2, -0.15) is 0 Å². The van der Waals surface area contributed by atoms with Crippen molar-refractivity contribution in [2.75, 3.05) is 6.54 Å². The molecule has 24 heavy (non-hydrogen) atoms. The Morgan fingerprint density at radius 3 is 2.38 bits per heavy atom. The second-order valence-electron chi connectivity index (χ2n) is 5.34. The summed E-state index contributed by atoms with van der Waals surface area (Å²) in [7, 11) is 0. The zero-order valence-corrected chi connectivity index (χ0v) is 14.8. The predicted molar refractivity (Wildman–Crippen MR) is 95.5 cm³/mol. The van der Waals surface area contributed by atoms with Gasteiger partial charge in [0.05, 0.1) is 0 Å². The molecule has 0 unspecified atom stereocenters. The van der Waals surface area contributed by atoms with Gasteiger partial charge in [0.25, 0.3) is 5.91 Å². The number of ketones is 1. The summed E-state index contributed by atoms with van der Waals surface area (Å²) in [6.45, 7) is 5.54. The molecule has 1 amide bonds. The molecule has 0 fully saturated rings. The second-order valence-corrected chi connectivity index (χ2v) is 6.26. The van der Waals surface area contributed by atoms with Gasteiger partial charge in [0.15, 0.2) is 5.78 Å². The Morgan fingerprint density at radius 2 is 1.79 bits per heavy atom. The molecule has 0 bridgehead atoms. The van der Waals surface area contributed by atoms with Gasteiger partial charge in [0, 0.05) is 34.3 Å². The number of hydrogen-bond acceptors (Lipinski definition) is 2. The molecule has 0 heterocycles. The number of nitrogens with zero attached hydrogens (tertiary/aromatic N) is 1. The van der Waals surface area contributed by atoms with Crippen LogP contribution in [0.15, 0.2) is 59.6 Å². The summed E-state index contributed by atoms with van der Waals surface area (Å²) in [6, 6.07) is 11.1. The number of carbonyl (C=O) groups is 2. The fourth-order valence-electron chi connectivity index (χ4n) is 2.28. The third-order valence-electron chi connectivity index (χ3n) is 3.54. The fourth-order valence-corrected chi connectivity index (χ4v) is 2.68. The Labute approximate surface area is 148 Å². The zero-order chi connectivity index (χ0) is 17.7. The van der Waals surface area contributed by atoms with Crippen LogP contribution in [0, 0.1) is 5.82 Å². The van der Waals surface area contributed by atoms with Crippen LogP contribution in [0.25, 0.3) is 0 Å². The first-order valence-electron chi connectivity index (χ1n) is 7.37. The van der Waals surface area contributed by atoms with Crippen LogP contribution in [-0.4, -0.2) is 23.1 Å². The summed E-state index contributed by atoms with van der Waals surface area (Å²) in [4.78, 5) is 25.5. The molecule has 0 saturated carbocycles. The molecule has 3 nitrogen and oxygen atoms in total. The largest absolute Gasteiger partial charge is 0.330 e. The van der Waals surface area contributed by atoms with Crippen molar-refractivity contribution in [2.45, 2.75) is 13.5 Å². The Hall–Kier alpha value is -2.27. The number of Topliss-reactive ketones (excluding diaryl/α,β-unsaturated/α-hetero) is 1. The van der Waals surface area contributed by atoms with E-state index in [2.05, 4.69) is 22.5 Å². The van der Waals surface area contributed by atoms with E-state index < -0.39 is 0 Å². The number of benzene rings is 2. The minimum Gasteiger partial charge on any atom is -0.330 e. The summed E-state index contributed by atoms with van der Waals surface area (Å²) < 4.78 is 14.7. The van der Waals surface area contributed by atoms with Crippen LogP contribution in [0.4, 0.5) is 4.39 Å². The lowest BCUT2D eigenvalue weighted by atomic mass is 10.1. The highest BCUT2D eigenvalue weighted by atomic mass is 79.9. The van der Waals surface area contributed by atoms with Gasteiger partial charge >= 0.3 is 0 Å². The molecule has 0 spiro atoms. The molecule has 0 aromatic heterocycles. The number of carbonyl (C=O) groups excluding carboxylic acids is 2. The highest BCUT2D eigenvalue weighted by Crippen LogP contribution is 2.18. The molecule has 2 aromatic rings. The molecule has 0 saturated heterocycles. The van der Waals surface area contributed by atoms with Crippen molar-refractivity contribution in [1.29, 1.82) is 0 Å². The van der Waals surface area contributed by atoms with E-state index in [1.165, 1.54) is 17.9 Å². The lowest BCUT2D eigenvalue weighted by Gasteiger charge is -2.22. The Balaban J connectivity index is 2.25. The van der Waals surface area contributed by atoms with Crippen LogP contribution < -0.4 is 0 Å². The van der Waals surface area contributed by atoms with Crippen LogP contribution in [0.3, 0.4) is 0 Å². The minimum absolute atomic E-state index is 0.0619. The summed E-state index contributed by atoms with van der Waals surface area (Å²) in [5.74, 6) is -0.676. The Morgan fingerprint density at radius 1 is 1.17 bits per heavy atom. The van der Waals surface area contributed by atoms with Crippen LogP contribution in [-0.2, 0) is 6.54 Å². The third-order valence-corrected chi connectivity index (χ3v) is 4.04. The van der Waals surface area contributed by atoms with Gasteiger partial charge in [-0.25, -0.2) is 4.39 Å². The average molecular weight is 390 g/mol. The molecule has 0 N–H and O–H groups in total. The summed E-state index contributed by atoms with van der Waals surface area (Å²) in [5, 5.41) is 0. The predicted octanol–water partition coefficient (Wildman–Crippen LogP) is 4.62. The lowest BCUT2D eigenvalue weighted by molar-refractivity contribution is 0.0760. The van der Waals surface area contributed by atoms with Crippen molar-refractivity contribution < 1.29 is 14.0 Å². The molecule has 5 heteroatoms. The first kappa shape index (κ1) is 18.1. The average Bonchev–Trinajstić information content (AvgIpc) is 2.57. The fraction of sp³-hybridized carbons (Fsp3) is 0.158. The third kappa shape index (κ3) is 4.38. The van der Waals surface area contributed by atoms with E-state index in [1.807, 2.05) is 0 Å². The Kier molecular flexibility index (Phi) is 6.04. The molecule has 124 valence electrons. The number of hydrogen-bond donors (Lipinski definition) is 0. The maximum Gasteiger partial charge on any atom is 0.254 e. The first-order valence-corrected chi connectivity index (χ1v) is 8.16. The summed E-state index contributed by atoms with van der Waals surface area (Å²) >= 11 is 3.31. The SMILES string of the molecule is C=CCN(Cc1cc(Br)ccc1F)C(=O)c1ccc(C(C)=O)cc1. The molecule has 2 aromatic carbocycles. The van der Waals surface area contributed by atoms with Crippen molar-refractivity contribution >= 4 is 27.6 Å². The lowest BCUT2D eigenvalue weighted by Crippen LogP contribution is -2.31. The van der Waals surface area contributed by atoms with Crippen LogP contribution in [0.2, 0.25) is 0 Å². The van der Waals surface area contributed by atoms with E-state index in [0.717, 1.165) is 4.47 Å². The summed E-state index contributed by atoms with van der Waals surface area (Å²) in [6.07, 6.45) is 1.59. The van der Waals surface area contributed by atoms with E-state index in [9.17, 15) is 14.0 Å². The van der Waals surface area contributed by atoms with Gasteiger partial charge < -0.3 is 4.90 Å². The zero-order valence-electron chi connectivity index (χ0n) is 13.3. The molecular formula is C19H17BrFNO2. The van der Waals surface area contributed by atoms with Gasteiger partial charge in [0.1, 0.15) is 5.82 Å². The van der Waals surface area contributed by atoms with Crippen molar-refractivity contribution in [3.05, 3.63) is 82.1 Å². The number of amides is 1. The van der Waals surface area contributed by atoms with Crippen molar-refractivity contribution in [1.82, 2.24) is 4.90 Å². The van der Waals surface area contributed by atoms with Crippen LogP contribution >= 0.6 is 15.9 Å². The van der Waals surface area contributed by atoms with E-state index >= 15 is 0 Å². The summed E-state index contributed by atoms with van der Waals surface area (Å²) in [5.41, 5.74) is 1.40. The van der Waals surface area contributed by atoms with E-state index in [1.54, 1.807) is 42.5 Å². The van der Waals surface area contributed by atoms with Crippen LogP contribution in [0.1, 0.15) is 33.2 Å². The quantitative estimate of drug-likeness (QED) is 0.533. The van der Waals surface area contributed by atoms with Crippen LogP contribution in [0.5, 0.6) is 0 Å². The topological polar surface area (TPSA) is 37.4 Å². The number of rotatable bonds is 6. The minimum atomic E-state index is -0.369. The number of halogens is 2. The molecule has 2 rings (SSSR count). The first-order chi connectivity index (χ1) is 11.4. The van der Waals surface area contributed by atoms with Crippen molar-refractivity contribution in [3.63, 3.8) is 0 Å². The van der Waals surface area contributed by atoms with Crippen molar-refractivity contribution in [3.8, 4) is 0 Å². The van der Waals surface area contributed by atoms with Gasteiger partial charge in [0.2, 0.25) is 0 Å². The molecule has 0 aliphatic heterocycles. The standard InChI is InChI=1S/C19H17BrFNO2/c1-3-10-22(12-16-11-17(20)8-9-18(16)21)19(24)15-6-4-14(5-7-15)13(2)23/h3-9,11H,1,10,12H2,2H3. The van der Waals surface area contributed by atoms with Gasteiger partial charge in [-0.15, -0.1) is 6.58 Å². The Bertz CT molecular complexity index is 771. The normalized spacial score (nSPS) is 10.3. The molecule has 0 radical (unpaired) electrons. The van der Waals surface area contributed by atoms with Gasteiger partial charge in [-0.05, 0) is 37.3 Å². The smallest absolute Gasteiger partial charge is 0.254 e. The molecule has 0 aliphatic carbocycles. The monoisotopic (exact) mass is 389 g/mol. The van der Waals surface area contributed by atoms with Gasteiger partial charge in [-0.1, -0.05) is 34.1 Å². The molecular weight excluding hydrogens is 373 g/mol. The maximum absolute atomic E-state index is 14.0. The maximum atomic E-state index is 14.0. The van der Waals surface area contributed by atoms with E-state index in [-0.39, 0.29) is 24.1 Å². The highest BCUT2D eigenvalue weighted by Gasteiger charge is 2.17. The van der Waals surface area contributed by atoms with Gasteiger partial charge in [-0.3, -0.25) is 9.59 Å².